The number of ether oxygens (including phenoxy) is 2. The number of rotatable bonds is 8. The van der Waals surface area contributed by atoms with Gasteiger partial charge in [-0.2, -0.15) is 5.26 Å². The summed E-state index contributed by atoms with van der Waals surface area (Å²) in [4.78, 5) is 29.0. The number of carbonyl (C=O) groups is 2. The number of nitriles is 1. The molecular formula is C16H26N4O4. The summed E-state index contributed by atoms with van der Waals surface area (Å²) in [6.45, 7) is 5.50. The minimum absolute atomic E-state index is 0.00320. The van der Waals surface area contributed by atoms with Crippen molar-refractivity contribution in [3.8, 4) is 6.07 Å². The molecule has 0 radical (unpaired) electrons. The standard InChI is InChI=1S/C16H26N4O4/c1-14(21)19-4-6-20(7-5-19)16(22)15(12-17)13-18(8-10-23-2)9-11-24-3/h13H,4-11H2,1-3H3/b15-13-. The van der Waals surface area contributed by atoms with E-state index >= 15 is 0 Å². The molecule has 1 aliphatic heterocycles. The Bertz CT molecular complexity index is 485. The molecule has 0 atom stereocenters. The normalized spacial score (nSPS) is 15.2. The molecule has 1 saturated heterocycles. The fraction of sp³-hybridized carbons (Fsp3) is 0.688. The van der Waals surface area contributed by atoms with Gasteiger partial charge in [-0.05, 0) is 0 Å². The lowest BCUT2D eigenvalue weighted by atomic mass is 10.2. The second-order valence-electron chi connectivity index (χ2n) is 5.47. The molecule has 0 saturated carbocycles. The van der Waals surface area contributed by atoms with Crippen molar-refractivity contribution in [2.45, 2.75) is 6.92 Å². The van der Waals surface area contributed by atoms with E-state index < -0.39 is 0 Å². The Hall–Kier alpha value is -2.11. The van der Waals surface area contributed by atoms with E-state index in [0.717, 1.165) is 0 Å². The van der Waals surface area contributed by atoms with E-state index in [-0.39, 0.29) is 17.4 Å². The molecule has 24 heavy (non-hydrogen) atoms. The molecule has 1 fully saturated rings. The van der Waals surface area contributed by atoms with Crippen LogP contribution < -0.4 is 0 Å². The van der Waals surface area contributed by atoms with Gasteiger partial charge < -0.3 is 24.2 Å². The molecule has 1 rings (SSSR count). The largest absolute Gasteiger partial charge is 0.383 e. The summed E-state index contributed by atoms with van der Waals surface area (Å²) in [5.41, 5.74) is 0.0819. The number of piperazine rings is 1. The SMILES string of the molecule is COCCN(/C=C(/C#N)C(=O)N1CCN(C(C)=O)CC1)CCOC. The van der Waals surface area contributed by atoms with Crippen LogP contribution >= 0.6 is 0 Å². The lowest BCUT2D eigenvalue weighted by molar-refractivity contribution is -0.136. The van der Waals surface area contributed by atoms with E-state index in [4.69, 9.17) is 9.47 Å². The van der Waals surface area contributed by atoms with E-state index in [1.807, 2.05) is 11.0 Å². The van der Waals surface area contributed by atoms with Crippen molar-refractivity contribution < 1.29 is 19.1 Å². The van der Waals surface area contributed by atoms with Crippen molar-refractivity contribution >= 4 is 11.8 Å². The van der Waals surface area contributed by atoms with Crippen LogP contribution in [-0.2, 0) is 19.1 Å². The Labute approximate surface area is 143 Å². The lowest BCUT2D eigenvalue weighted by Gasteiger charge is -2.34. The van der Waals surface area contributed by atoms with Gasteiger partial charge in [-0.1, -0.05) is 0 Å². The topological polar surface area (TPSA) is 86.1 Å². The Kier molecular flexibility index (Phi) is 8.83. The second kappa shape index (κ2) is 10.6. The average Bonchev–Trinajstić information content (AvgIpc) is 2.60. The zero-order chi connectivity index (χ0) is 17.9. The van der Waals surface area contributed by atoms with Crippen LogP contribution in [0.1, 0.15) is 6.92 Å². The molecule has 0 aromatic rings. The molecule has 134 valence electrons. The Morgan fingerprint density at radius 2 is 1.58 bits per heavy atom. The van der Waals surface area contributed by atoms with Crippen LogP contribution in [0.4, 0.5) is 0 Å². The predicted molar refractivity (Wildman–Crippen MR) is 87.9 cm³/mol. The maximum absolute atomic E-state index is 12.5. The second-order valence-corrected chi connectivity index (χ2v) is 5.47. The highest BCUT2D eigenvalue weighted by Crippen LogP contribution is 2.08. The van der Waals surface area contributed by atoms with E-state index in [0.29, 0.717) is 52.5 Å². The molecule has 0 aromatic carbocycles. The number of carbonyl (C=O) groups excluding carboxylic acids is 2. The van der Waals surface area contributed by atoms with Gasteiger partial charge in [0.2, 0.25) is 5.91 Å². The molecule has 8 nitrogen and oxygen atoms in total. The summed E-state index contributed by atoms with van der Waals surface area (Å²) < 4.78 is 10.1. The molecule has 0 bridgehead atoms. The van der Waals surface area contributed by atoms with Crippen molar-refractivity contribution in [3.63, 3.8) is 0 Å². The van der Waals surface area contributed by atoms with Crippen molar-refractivity contribution in [3.05, 3.63) is 11.8 Å². The first kappa shape index (κ1) is 19.9. The van der Waals surface area contributed by atoms with Gasteiger partial charge in [0, 0.05) is 66.6 Å². The van der Waals surface area contributed by atoms with Crippen LogP contribution in [0.15, 0.2) is 11.8 Å². The van der Waals surface area contributed by atoms with Crippen molar-refractivity contribution in [1.29, 1.82) is 5.26 Å². The smallest absolute Gasteiger partial charge is 0.266 e. The zero-order valence-electron chi connectivity index (χ0n) is 14.7. The molecule has 1 heterocycles. The van der Waals surface area contributed by atoms with E-state index in [1.54, 1.807) is 30.2 Å². The van der Waals surface area contributed by atoms with Crippen molar-refractivity contribution in [2.75, 3.05) is 66.7 Å². The lowest BCUT2D eigenvalue weighted by Crippen LogP contribution is -2.50. The van der Waals surface area contributed by atoms with E-state index in [9.17, 15) is 14.9 Å². The Morgan fingerprint density at radius 1 is 1.08 bits per heavy atom. The van der Waals surface area contributed by atoms with Gasteiger partial charge in [-0.25, -0.2) is 0 Å². The number of hydrogen-bond acceptors (Lipinski definition) is 6. The molecular weight excluding hydrogens is 312 g/mol. The third-order valence-corrected chi connectivity index (χ3v) is 3.84. The van der Waals surface area contributed by atoms with Crippen LogP contribution in [0, 0.1) is 11.3 Å². The molecule has 0 aliphatic carbocycles. The first-order valence-electron chi connectivity index (χ1n) is 7.92. The fourth-order valence-corrected chi connectivity index (χ4v) is 2.37. The highest BCUT2D eigenvalue weighted by Gasteiger charge is 2.25. The molecule has 0 spiro atoms. The predicted octanol–water partition coefficient (Wildman–Crippen LogP) is -0.321. The Morgan fingerprint density at radius 3 is 2.00 bits per heavy atom. The van der Waals surface area contributed by atoms with E-state index in [1.165, 1.54) is 6.92 Å². The summed E-state index contributed by atoms with van der Waals surface area (Å²) in [6.07, 6.45) is 1.57. The van der Waals surface area contributed by atoms with Crippen LogP contribution in [0.5, 0.6) is 0 Å². The zero-order valence-corrected chi connectivity index (χ0v) is 14.7. The maximum atomic E-state index is 12.5. The molecule has 1 aliphatic rings. The summed E-state index contributed by atoms with van der Waals surface area (Å²) in [6, 6.07) is 1.98. The summed E-state index contributed by atoms with van der Waals surface area (Å²) in [5.74, 6) is -0.302. The van der Waals surface area contributed by atoms with Gasteiger partial charge in [0.05, 0.1) is 13.2 Å². The number of hydrogen-bond donors (Lipinski definition) is 0. The molecule has 0 N–H and O–H groups in total. The summed E-state index contributed by atoms with van der Waals surface area (Å²) in [7, 11) is 3.20. The van der Waals surface area contributed by atoms with Gasteiger partial charge in [0.15, 0.2) is 0 Å². The highest BCUT2D eigenvalue weighted by atomic mass is 16.5. The minimum Gasteiger partial charge on any atom is -0.383 e. The highest BCUT2D eigenvalue weighted by molar-refractivity contribution is 5.97. The third-order valence-electron chi connectivity index (χ3n) is 3.84. The number of amides is 2. The monoisotopic (exact) mass is 338 g/mol. The number of nitrogens with zero attached hydrogens (tertiary/aromatic N) is 4. The average molecular weight is 338 g/mol. The summed E-state index contributed by atoms with van der Waals surface area (Å²) >= 11 is 0. The van der Waals surface area contributed by atoms with Gasteiger partial charge >= 0.3 is 0 Å². The van der Waals surface area contributed by atoms with Crippen LogP contribution in [-0.4, -0.2) is 93.2 Å². The summed E-state index contributed by atoms with van der Waals surface area (Å²) in [5, 5.41) is 9.35. The van der Waals surface area contributed by atoms with Crippen LogP contribution in [0.3, 0.4) is 0 Å². The quantitative estimate of drug-likeness (QED) is 0.445. The first-order chi connectivity index (χ1) is 11.5. The molecule has 0 unspecified atom stereocenters. The van der Waals surface area contributed by atoms with Crippen LogP contribution in [0.2, 0.25) is 0 Å². The molecule has 2 amide bonds. The first-order valence-corrected chi connectivity index (χ1v) is 7.92. The van der Waals surface area contributed by atoms with Crippen molar-refractivity contribution in [2.24, 2.45) is 0 Å². The minimum atomic E-state index is -0.305. The fourth-order valence-electron chi connectivity index (χ4n) is 2.37. The van der Waals surface area contributed by atoms with Gasteiger partial charge in [-0.3, -0.25) is 9.59 Å². The molecule has 8 heteroatoms. The van der Waals surface area contributed by atoms with Crippen molar-refractivity contribution in [1.82, 2.24) is 14.7 Å². The Balaban J connectivity index is 2.72. The van der Waals surface area contributed by atoms with Gasteiger partial charge in [0.1, 0.15) is 11.6 Å². The van der Waals surface area contributed by atoms with Crippen LogP contribution in [0.25, 0.3) is 0 Å². The van der Waals surface area contributed by atoms with Gasteiger partial charge in [-0.15, -0.1) is 0 Å². The number of methoxy groups -OCH3 is 2. The third kappa shape index (κ3) is 6.18. The molecule has 0 aromatic heterocycles. The maximum Gasteiger partial charge on any atom is 0.266 e. The van der Waals surface area contributed by atoms with E-state index in [2.05, 4.69) is 0 Å². The van der Waals surface area contributed by atoms with Gasteiger partial charge in [0.25, 0.3) is 5.91 Å².